The first-order valence-electron chi connectivity index (χ1n) is 6.31. The molecule has 3 aromatic rings. The van der Waals surface area contributed by atoms with E-state index in [1.54, 1.807) is 22.9 Å². The van der Waals surface area contributed by atoms with Gasteiger partial charge in [-0.2, -0.15) is 0 Å². The Morgan fingerprint density at radius 3 is 2.52 bits per heavy atom. The maximum Gasteiger partial charge on any atom is 0.336 e. The van der Waals surface area contributed by atoms with Crippen LogP contribution in [0, 0.1) is 11.6 Å². The van der Waals surface area contributed by atoms with E-state index in [9.17, 15) is 13.6 Å². The molecule has 0 aliphatic carbocycles. The number of carboxylic acids is 1. The van der Waals surface area contributed by atoms with E-state index in [1.165, 1.54) is 24.3 Å². The van der Waals surface area contributed by atoms with Crippen LogP contribution >= 0.6 is 0 Å². The van der Waals surface area contributed by atoms with E-state index in [0.29, 0.717) is 5.56 Å². The number of nitrogens with zero attached hydrogens (tertiary/aromatic N) is 1. The molecule has 21 heavy (non-hydrogen) atoms. The van der Waals surface area contributed by atoms with Crippen LogP contribution in [0.25, 0.3) is 10.9 Å². The highest BCUT2D eigenvalue weighted by Gasteiger charge is 2.12. The van der Waals surface area contributed by atoms with E-state index in [0.717, 1.165) is 17.0 Å². The number of carbonyl (C=O) groups is 1. The van der Waals surface area contributed by atoms with Gasteiger partial charge >= 0.3 is 5.97 Å². The second-order valence-corrected chi connectivity index (χ2v) is 4.75. The van der Waals surface area contributed by atoms with Gasteiger partial charge in [0.15, 0.2) is 0 Å². The van der Waals surface area contributed by atoms with Crippen LogP contribution in [0.4, 0.5) is 8.78 Å². The zero-order valence-corrected chi connectivity index (χ0v) is 10.9. The highest BCUT2D eigenvalue weighted by Crippen LogP contribution is 2.20. The van der Waals surface area contributed by atoms with E-state index >= 15 is 0 Å². The third-order valence-electron chi connectivity index (χ3n) is 3.38. The molecule has 0 atom stereocenters. The molecule has 0 amide bonds. The predicted octanol–water partition coefficient (Wildman–Crippen LogP) is 3.67. The zero-order chi connectivity index (χ0) is 15.0. The van der Waals surface area contributed by atoms with Gasteiger partial charge in [-0.15, -0.1) is 0 Å². The summed E-state index contributed by atoms with van der Waals surface area (Å²) < 4.78 is 28.1. The van der Waals surface area contributed by atoms with Gasteiger partial charge in [0.1, 0.15) is 11.6 Å². The molecule has 5 heteroatoms. The van der Waals surface area contributed by atoms with E-state index in [1.807, 2.05) is 0 Å². The molecule has 0 aliphatic rings. The number of benzene rings is 2. The molecule has 1 heterocycles. The number of fused-ring (bicyclic) bond motifs is 1. The molecule has 0 saturated carbocycles. The molecule has 1 aromatic heterocycles. The fraction of sp³-hybridized carbons (Fsp3) is 0.0625. The summed E-state index contributed by atoms with van der Waals surface area (Å²) in [5.74, 6) is -2.09. The minimum atomic E-state index is -1.17. The SMILES string of the molecule is O=C(O)c1cc(F)ccc1Cn1ccc2cc(F)ccc21. The van der Waals surface area contributed by atoms with Crippen LogP contribution in [-0.2, 0) is 6.54 Å². The monoisotopic (exact) mass is 287 g/mol. The van der Waals surface area contributed by atoms with Gasteiger partial charge in [-0.25, -0.2) is 13.6 Å². The van der Waals surface area contributed by atoms with Gasteiger partial charge in [0.2, 0.25) is 0 Å². The number of rotatable bonds is 3. The third kappa shape index (κ3) is 2.50. The van der Waals surface area contributed by atoms with Crippen LogP contribution in [-0.4, -0.2) is 15.6 Å². The molecule has 0 bridgehead atoms. The van der Waals surface area contributed by atoms with Gasteiger partial charge in [0, 0.05) is 23.6 Å². The van der Waals surface area contributed by atoms with Crippen LogP contribution in [0.15, 0.2) is 48.7 Å². The van der Waals surface area contributed by atoms with E-state index in [-0.39, 0.29) is 17.9 Å². The van der Waals surface area contributed by atoms with Gasteiger partial charge in [-0.1, -0.05) is 6.07 Å². The van der Waals surface area contributed by atoms with E-state index < -0.39 is 11.8 Å². The van der Waals surface area contributed by atoms with Crippen molar-refractivity contribution < 1.29 is 18.7 Å². The summed E-state index contributed by atoms with van der Waals surface area (Å²) in [5.41, 5.74) is 1.21. The summed E-state index contributed by atoms with van der Waals surface area (Å²) in [7, 11) is 0. The Labute approximate surface area is 119 Å². The summed E-state index contributed by atoms with van der Waals surface area (Å²) in [4.78, 5) is 11.2. The zero-order valence-electron chi connectivity index (χ0n) is 10.9. The number of aromatic carboxylic acids is 1. The van der Waals surface area contributed by atoms with Crippen LogP contribution in [0.1, 0.15) is 15.9 Å². The van der Waals surface area contributed by atoms with Crippen molar-refractivity contribution in [3.05, 3.63) is 71.4 Å². The molecule has 0 aliphatic heterocycles. The Balaban J connectivity index is 2.05. The molecular weight excluding hydrogens is 276 g/mol. The number of aromatic nitrogens is 1. The Morgan fingerprint density at radius 2 is 1.76 bits per heavy atom. The van der Waals surface area contributed by atoms with Gasteiger partial charge in [-0.3, -0.25) is 0 Å². The van der Waals surface area contributed by atoms with Gasteiger partial charge < -0.3 is 9.67 Å². The minimum Gasteiger partial charge on any atom is -0.478 e. The molecule has 0 fully saturated rings. The number of halogens is 2. The maximum absolute atomic E-state index is 13.2. The topological polar surface area (TPSA) is 42.2 Å². The second-order valence-electron chi connectivity index (χ2n) is 4.75. The Hall–Kier alpha value is -2.69. The molecular formula is C16H11F2NO2. The Kier molecular flexibility index (Phi) is 3.17. The van der Waals surface area contributed by atoms with Crippen LogP contribution in [0.5, 0.6) is 0 Å². The largest absolute Gasteiger partial charge is 0.478 e. The molecule has 0 radical (unpaired) electrons. The van der Waals surface area contributed by atoms with Gasteiger partial charge in [0.05, 0.1) is 5.56 Å². The van der Waals surface area contributed by atoms with Crippen molar-refractivity contribution in [3.63, 3.8) is 0 Å². The highest BCUT2D eigenvalue weighted by molar-refractivity contribution is 5.89. The molecule has 0 spiro atoms. The van der Waals surface area contributed by atoms with Crippen molar-refractivity contribution in [1.82, 2.24) is 4.57 Å². The fourth-order valence-corrected chi connectivity index (χ4v) is 2.38. The minimum absolute atomic E-state index is 0.0704. The summed E-state index contributed by atoms with van der Waals surface area (Å²) in [6, 6.07) is 9.83. The molecule has 3 nitrogen and oxygen atoms in total. The van der Waals surface area contributed by atoms with Crippen molar-refractivity contribution >= 4 is 16.9 Å². The standard InChI is InChI=1S/C16H11F2NO2/c17-12-3-4-15-10(7-12)5-6-19(15)9-11-1-2-13(18)8-14(11)16(20)21/h1-8H,9H2,(H,20,21). The smallest absolute Gasteiger partial charge is 0.336 e. The van der Waals surface area contributed by atoms with Crippen molar-refractivity contribution in [1.29, 1.82) is 0 Å². The normalized spacial score (nSPS) is 11.0. The van der Waals surface area contributed by atoms with Crippen molar-refractivity contribution in [2.75, 3.05) is 0 Å². The van der Waals surface area contributed by atoms with E-state index in [4.69, 9.17) is 5.11 Å². The van der Waals surface area contributed by atoms with Crippen molar-refractivity contribution in [3.8, 4) is 0 Å². The summed E-state index contributed by atoms with van der Waals surface area (Å²) >= 11 is 0. The molecule has 106 valence electrons. The molecule has 2 aromatic carbocycles. The average molecular weight is 287 g/mol. The molecule has 0 unspecified atom stereocenters. The van der Waals surface area contributed by atoms with Gasteiger partial charge in [0.25, 0.3) is 0 Å². The maximum atomic E-state index is 13.2. The summed E-state index contributed by atoms with van der Waals surface area (Å²) in [5, 5.41) is 9.87. The lowest BCUT2D eigenvalue weighted by molar-refractivity contribution is 0.0695. The lowest BCUT2D eigenvalue weighted by Crippen LogP contribution is -2.07. The number of hydrogen-bond acceptors (Lipinski definition) is 1. The number of hydrogen-bond donors (Lipinski definition) is 1. The van der Waals surface area contributed by atoms with Crippen LogP contribution in [0.3, 0.4) is 0 Å². The first-order chi connectivity index (χ1) is 10.0. The third-order valence-corrected chi connectivity index (χ3v) is 3.38. The van der Waals surface area contributed by atoms with E-state index in [2.05, 4.69) is 0 Å². The lowest BCUT2D eigenvalue weighted by atomic mass is 10.1. The first-order valence-corrected chi connectivity index (χ1v) is 6.31. The van der Waals surface area contributed by atoms with Crippen LogP contribution in [0.2, 0.25) is 0 Å². The number of carboxylic acid groups (broad SMARTS) is 1. The molecule has 3 rings (SSSR count). The summed E-state index contributed by atoms with van der Waals surface area (Å²) in [6.45, 7) is 0.275. The second kappa shape index (κ2) is 5.01. The molecule has 0 saturated heterocycles. The first kappa shape index (κ1) is 13.3. The van der Waals surface area contributed by atoms with Crippen molar-refractivity contribution in [2.24, 2.45) is 0 Å². The molecule has 1 N–H and O–H groups in total. The van der Waals surface area contributed by atoms with Gasteiger partial charge in [-0.05, 0) is 42.0 Å². The lowest BCUT2D eigenvalue weighted by Gasteiger charge is -2.09. The fourth-order valence-electron chi connectivity index (χ4n) is 2.38. The Bertz CT molecular complexity index is 839. The van der Waals surface area contributed by atoms with Crippen LogP contribution < -0.4 is 0 Å². The predicted molar refractivity (Wildman–Crippen MR) is 74.4 cm³/mol. The quantitative estimate of drug-likeness (QED) is 0.798. The summed E-state index contributed by atoms with van der Waals surface area (Å²) in [6.07, 6.45) is 1.75. The average Bonchev–Trinajstić information content (AvgIpc) is 2.82. The van der Waals surface area contributed by atoms with Crippen molar-refractivity contribution in [2.45, 2.75) is 6.54 Å². The highest BCUT2D eigenvalue weighted by atomic mass is 19.1. The Morgan fingerprint density at radius 1 is 1.05 bits per heavy atom.